The van der Waals surface area contributed by atoms with Crippen molar-refractivity contribution in [3.63, 3.8) is 0 Å². The zero-order valence-corrected chi connectivity index (χ0v) is 12.3. The third-order valence-corrected chi connectivity index (χ3v) is 4.27. The van der Waals surface area contributed by atoms with Crippen molar-refractivity contribution in [3.05, 3.63) is 52.0 Å². The van der Waals surface area contributed by atoms with Crippen molar-refractivity contribution in [1.29, 1.82) is 0 Å². The molecule has 2 aromatic heterocycles. The van der Waals surface area contributed by atoms with E-state index < -0.39 is 0 Å². The van der Waals surface area contributed by atoms with Crippen molar-refractivity contribution in [1.82, 2.24) is 4.98 Å². The average molecular weight is 295 g/mol. The average Bonchev–Trinajstić information content (AvgIpc) is 3.13. The van der Waals surface area contributed by atoms with E-state index in [9.17, 15) is 0 Å². The van der Waals surface area contributed by atoms with E-state index in [1.807, 2.05) is 25.1 Å². The van der Waals surface area contributed by atoms with E-state index in [1.165, 1.54) is 4.88 Å². The fourth-order valence-electron chi connectivity index (χ4n) is 2.48. The van der Waals surface area contributed by atoms with Gasteiger partial charge in [-0.2, -0.15) is 0 Å². The number of ether oxygens (including phenoxy) is 2. The Bertz CT molecular complexity index is 838. The summed E-state index contributed by atoms with van der Waals surface area (Å²) in [5, 5.41) is 4.27. The third-order valence-electron chi connectivity index (χ3n) is 3.43. The molecule has 1 aliphatic heterocycles. The maximum atomic E-state index is 5.47. The molecule has 0 bridgehead atoms. The Balaban J connectivity index is 1.87. The van der Waals surface area contributed by atoms with Crippen LogP contribution in [0.2, 0.25) is 0 Å². The van der Waals surface area contributed by atoms with E-state index in [0.717, 1.165) is 33.7 Å². The van der Waals surface area contributed by atoms with E-state index >= 15 is 0 Å². The molecule has 0 atom stereocenters. The molecule has 3 heterocycles. The van der Waals surface area contributed by atoms with E-state index in [1.54, 1.807) is 11.3 Å². The molecule has 21 heavy (non-hydrogen) atoms. The van der Waals surface area contributed by atoms with Gasteiger partial charge in [0.25, 0.3) is 0 Å². The van der Waals surface area contributed by atoms with Gasteiger partial charge in [0.1, 0.15) is 0 Å². The van der Waals surface area contributed by atoms with Crippen LogP contribution >= 0.6 is 11.3 Å². The molecule has 1 aliphatic rings. The van der Waals surface area contributed by atoms with Gasteiger partial charge in [0.2, 0.25) is 6.79 Å². The Hall–Kier alpha value is -2.33. The summed E-state index contributed by atoms with van der Waals surface area (Å²) in [7, 11) is 0. The Labute approximate surface area is 126 Å². The molecule has 3 aromatic rings. The lowest BCUT2D eigenvalue weighted by molar-refractivity contribution is 0.174. The van der Waals surface area contributed by atoms with Crippen LogP contribution in [0.1, 0.15) is 16.3 Å². The molecule has 0 saturated carbocycles. The van der Waals surface area contributed by atoms with Crippen LogP contribution in [-0.4, -0.2) is 11.8 Å². The van der Waals surface area contributed by atoms with Gasteiger partial charge in [0.15, 0.2) is 11.5 Å². The summed E-state index contributed by atoms with van der Waals surface area (Å²) < 4.78 is 10.9. The van der Waals surface area contributed by atoms with Gasteiger partial charge in [-0.15, -0.1) is 11.3 Å². The van der Waals surface area contributed by atoms with Crippen LogP contribution in [0.15, 0.2) is 35.7 Å². The van der Waals surface area contributed by atoms with Gasteiger partial charge in [-0.25, -0.2) is 0 Å². The number of nitrogens with zero attached hydrogens (tertiary/aromatic N) is 1. The molecule has 104 valence electrons. The number of pyridine rings is 1. The normalized spacial score (nSPS) is 13.4. The molecule has 0 unspecified atom stereocenters. The SMILES string of the molecule is Cc1cc2cc3c(cc2c(/C=C/c2cccs2)n1)OCO3. The molecule has 1 aromatic carbocycles. The van der Waals surface area contributed by atoms with Crippen molar-refractivity contribution < 1.29 is 9.47 Å². The molecule has 3 nitrogen and oxygen atoms in total. The summed E-state index contributed by atoms with van der Waals surface area (Å²) >= 11 is 1.71. The van der Waals surface area contributed by atoms with Crippen molar-refractivity contribution in [2.45, 2.75) is 6.92 Å². The number of aryl methyl sites for hydroxylation is 1. The number of aromatic nitrogens is 1. The van der Waals surface area contributed by atoms with Gasteiger partial charge in [-0.05, 0) is 54.1 Å². The van der Waals surface area contributed by atoms with Gasteiger partial charge in [-0.1, -0.05) is 6.07 Å². The van der Waals surface area contributed by atoms with Crippen molar-refractivity contribution >= 4 is 34.3 Å². The summed E-state index contributed by atoms with van der Waals surface area (Å²) in [5.41, 5.74) is 1.95. The highest BCUT2D eigenvalue weighted by atomic mass is 32.1. The molecule has 0 aliphatic carbocycles. The van der Waals surface area contributed by atoms with Crippen molar-refractivity contribution in [2.24, 2.45) is 0 Å². The molecular weight excluding hydrogens is 282 g/mol. The molecule has 0 spiro atoms. The number of thiophene rings is 1. The van der Waals surface area contributed by atoms with Crippen LogP contribution < -0.4 is 9.47 Å². The molecule has 4 heteroatoms. The molecule has 0 amide bonds. The van der Waals surface area contributed by atoms with Gasteiger partial charge >= 0.3 is 0 Å². The second kappa shape index (κ2) is 4.90. The number of hydrogen-bond acceptors (Lipinski definition) is 4. The summed E-state index contributed by atoms with van der Waals surface area (Å²) in [6, 6.07) is 10.2. The lowest BCUT2D eigenvalue weighted by Gasteiger charge is -2.06. The van der Waals surface area contributed by atoms with E-state index in [0.29, 0.717) is 6.79 Å². The zero-order valence-electron chi connectivity index (χ0n) is 11.5. The van der Waals surface area contributed by atoms with Crippen LogP contribution in [-0.2, 0) is 0 Å². The predicted octanol–water partition coefficient (Wildman–Crippen LogP) is 4.50. The van der Waals surface area contributed by atoms with Crippen LogP contribution in [0.25, 0.3) is 22.9 Å². The fourth-order valence-corrected chi connectivity index (χ4v) is 3.10. The van der Waals surface area contributed by atoms with Crippen LogP contribution in [0.4, 0.5) is 0 Å². The van der Waals surface area contributed by atoms with Crippen LogP contribution in [0.5, 0.6) is 11.5 Å². The molecule has 0 fully saturated rings. The first-order chi connectivity index (χ1) is 10.3. The predicted molar refractivity (Wildman–Crippen MR) is 85.9 cm³/mol. The van der Waals surface area contributed by atoms with Gasteiger partial charge in [0.05, 0.1) is 5.69 Å². The van der Waals surface area contributed by atoms with Gasteiger partial charge < -0.3 is 9.47 Å². The third kappa shape index (κ3) is 2.28. The number of rotatable bonds is 2. The Morgan fingerprint density at radius 3 is 2.81 bits per heavy atom. The van der Waals surface area contributed by atoms with Gasteiger partial charge in [0, 0.05) is 16.0 Å². The zero-order chi connectivity index (χ0) is 14.2. The van der Waals surface area contributed by atoms with Crippen molar-refractivity contribution in [2.75, 3.05) is 6.79 Å². The molecule has 0 radical (unpaired) electrons. The summed E-state index contributed by atoms with van der Waals surface area (Å²) in [6.45, 7) is 2.30. The lowest BCUT2D eigenvalue weighted by atomic mass is 10.1. The smallest absolute Gasteiger partial charge is 0.231 e. The second-order valence-corrected chi connectivity index (χ2v) is 5.90. The molecular formula is C17H13NO2S. The first-order valence-corrected chi connectivity index (χ1v) is 7.60. The monoisotopic (exact) mass is 295 g/mol. The summed E-state index contributed by atoms with van der Waals surface area (Å²) in [4.78, 5) is 5.86. The minimum atomic E-state index is 0.290. The fraction of sp³-hybridized carbons (Fsp3) is 0.118. The maximum Gasteiger partial charge on any atom is 0.231 e. The first-order valence-electron chi connectivity index (χ1n) is 6.72. The summed E-state index contributed by atoms with van der Waals surface area (Å²) in [5.74, 6) is 1.60. The quantitative estimate of drug-likeness (QED) is 0.697. The first kappa shape index (κ1) is 12.4. The molecule has 4 rings (SSSR count). The van der Waals surface area contributed by atoms with Gasteiger partial charge in [-0.3, -0.25) is 4.98 Å². The van der Waals surface area contributed by atoms with E-state index in [-0.39, 0.29) is 0 Å². The highest BCUT2D eigenvalue weighted by molar-refractivity contribution is 7.10. The summed E-state index contributed by atoms with van der Waals surface area (Å²) in [6.07, 6.45) is 4.15. The van der Waals surface area contributed by atoms with Crippen LogP contribution in [0.3, 0.4) is 0 Å². The Morgan fingerprint density at radius 2 is 2.00 bits per heavy atom. The Morgan fingerprint density at radius 1 is 1.14 bits per heavy atom. The van der Waals surface area contributed by atoms with Crippen molar-refractivity contribution in [3.8, 4) is 11.5 Å². The topological polar surface area (TPSA) is 31.4 Å². The largest absolute Gasteiger partial charge is 0.454 e. The maximum absolute atomic E-state index is 5.47. The molecule has 0 N–H and O–H groups in total. The number of benzene rings is 1. The molecule has 0 saturated heterocycles. The minimum absolute atomic E-state index is 0.290. The second-order valence-electron chi connectivity index (χ2n) is 4.92. The minimum Gasteiger partial charge on any atom is -0.454 e. The number of hydrogen-bond donors (Lipinski definition) is 0. The number of fused-ring (bicyclic) bond motifs is 2. The highest BCUT2D eigenvalue weighted by Gasteiger charge is 2.15. The van der Waals surface area contributed by atoms with Crippen LogP contribution in [0, 0.1) is 6.92 Å². The lowest BCUT2D eigenvalue weighted by Crippen LogP contribution is -1.92. The standard InChI is InChI=1S/C17H13NO2S/c1-11-7-12-8-16-17(20-10-19-16)9-14(12)15(18-11)5-4-13-3-2-6-21-13/h2-9H,10H2,1H3/b5-4+. The van der Waals surface area contributed by atoms with E-state index in [2.05, 4.69) is 34.6 Å². The van der Waals surface area contributed by atoms with E-state index in [4.69, 9.17) is 9.47 Å². The Kier molecular flexibility index (Phi) is 2.89. The highest BCUT2D eigenvalue weighted by Crippen LogP contribution is 2.37.